The number of thiophene rings is 1. The van der Waals surface area contributed by atoms with E-state index in [9.17, 15) is 14.4 Å². The number of hydrogen-bond donors (Lipinski definition) is 4. The van der Waals surface area contributed by atoms with E-state index in [1.807, 2.05) is 0 Å². The van der Waals surface area contributed by atoms with Gasteiger partial charge in [-0.2, -0.15) is 0 Å². The molecule has 0 aliphatic heterocycles. The fraction of sp³-hybridized carbons (Fsp3) is 0.300. The van der Waals surface area contributed by atoms with Gasteiger partial charge in [0.15, 0.2) is 0 Å². The molecular formula is C10H13N3O4S. The minimum absolute atomic E-state index is 0.234. The Morgan fingerprint density at radius 3 is 2.67 bits per heavy atom. The smallest absolute Gasteiger partial charge is 0.261 e. The second kappa shape index (κ2) is 6.72. The van der Waals surface area contributed by atoms with Gasteiger partial charge in [-0.3, -0.25) is 14.4 Å². The van der Waals surface area contributed by atoms with Crippen LogP contribution in [0.15, 0.2) is 17.5 Å². The summed E-state index contributed by atoms with van der Waals surface area (Å²) in [7, 11) is 0. The summed E-state index contributed by atoms with van der Waals surface area (Å²) in [5.41, 5.74) is 4.80. The molecule has 0 saturated heterocycles. The zero-order valence-corrected chi connectivity index (χ0v) is 10.2. The maximum Gasteiger partial charge on any atom is 0.261 e. The SMILES string of the molecule is NC(=O)C(O)CNC(=O)CNC(=O)c1cccs1. The number of aliphatic hydroxyl groups excluding tert-OH is 1. The van der Waals surface area contributed by atoms with E-state index in [-0.39, 0.29) is 19.0 Å². The summed E-state index contributed by atoms with van der Waals surface area (Å²) in [6, 6.07) is 3.36. The second-order valence-corrected chi connectivity index (χ2v) is 4.33. The normalized spacial score (nSPS) is 11.6. The lowest BCUT2D eigenvalue weighted by molar-refractivity contribution is -0.126. The molecule has 7 nitrogen and oxygen atoms in total. The average Bonchev–Trinajstić information content (AvgIpc) is 2.86. The molecule has 0 fully saturated rings. The highest BCUT2D eigenvalue weighted by Crippen LogP contribution is 2.07. The molecule has 0 aliphatic carbocycles. The molecule has 98 valence electrons. The van der Waals surface area contributed by atoms with Crippen LogP contribution in [0.1, 0.15) is 9.67 Å². The zero-order valence-electron chi connectivity index (χ0n) is 9.38. The Balaban J connectivity index is 2.25. The summed E-state index contributed by atoms with van der Waals surface area (Å²) in [4.78, 5) is 33.7. The van der Waals surface area contributed by atoms with Crippen molar-refractivity contribution in [2.45, 2.75) is 6.10 Å². The fourth-order valence-corrected chi connectivity index (χ4v) is 1.67. The molecule has 0 aliphatic rings. The predicted octanol–water partition coefficient (Wildman–Crippen LogP) is -1.56. The van der Waals surface area contributed by atoms with Crippen molar-refractivity contribution in [3.63, 3.8) is 0 Å². The largest absolute Gasteiger partial charge is 0.381 e. The van der Waals surface area contributed by atoms with Gasteiger partial charge in [0.05, 0.1) is 18.0 Å². The summed E-state index contributed by atoms with van der Waals surface area (Å²) < 4.78 is 0. The standard InChI is InChI=1S/C10H13N3O4S/c11-9(16)6(14)4-12-8(15)5-13-10(17)7-2-1-3-18-7/h1-3,6,14H,4-5H2,(H2,11,16)(H,12,15)(H,13,17). The molecule has 18 heavy (non-hydrogen) atoms. The van der Waals surface area contributed by atoms with Crippen molar-refractivity contribution >= 4 is 29.1 Å². The summed E-state index contributed by atoms with van der Waals surface area (Å²) in [5.74, 6) is -1.78. The molecule has 1 aromatic heterocycles. The Kier molecular flexibility index (Phi) is 5.28. The third-order valence-electron chi connectivity index (χ3n) is 1.98. The van der Waals surface area contributed by atoms with E-state index in [1.54, 1.807) is 17.5 Å². The third-order valence-corrected chi connectivity index (χ3v) is 2.84. The summed E-state index contributed by atoms with van der Waals surface area (Å²) >= 11 is 1.26. The minimum atomic E-state index is -1.43. The van der Waals surface area contributed by atoms with Crippen LogP contribution in [0.5, 0.6) is 0 Å². The van der Waals surface area contributed by atoms with Gasteiger partial charge in [-0.1, -0.05) is 6.07 Å². The van der Waals surface area contributed by atoms with Gasteiger partial charge < -0.3 is 21.5 Å². The number of rotatable bonds is 6. The maximum atomic E-state index is 11.5. The number of hydrogen-bond acceptors (Lipinski definition) is 5. The first-order valence-electron chi connectivity index (χ1n) is 5.06. The van der Waals surface area contributed by atoms with E-state index in [0.717, 1.165) is 0 Å². The third kappa shape index (κ3) is 4.52. The van der Waals surface area contributed by atoms with Crippen LogP contribution in [0.25, 0.3) is 0 Å². The molecular weight excluding hydrogens is 258 g/mol. The predicted molar refractivity (Wildman–Crippen MR) is 64.9 cm³/mol. The van der Waals surface area contributed by atoms with E-state index in [0.29, 0.717) is 4.88 Å². The number of carbonyl (C=O) groups is 3. The first-order valence-corrected chi connectivity index (χ1v) is 5.94. The lowest BCUT2D eigenvalue weighted by atomic mass is 10.3. The number of amides is 3. The van der Waals surface area contributed by atoms with Crippen LogP contribution in [0.4, 0.5) is 0 Å². The zero-order chi connectivity index (χ0) is 13.5. The minimum Gasteiger partial charge on any atom is -0.381 e. The van der Waals surface area contributed by atoms with Crippen molar-refractivity contribution < 1.29 is 19.5 Å². The Morgan fingerprint density at radius 1 is 1.39 bits per heavy atom. The van der Waals surface area contributed by atoms with Gasteiger partial charge in [-0.25, -0.2) is 0 Å². The van der Waals surface area contributed by atoms with Gasteiger partial charge in [0.1, 0.15) is 6.10 Å². The van der Waals surface area contributed by atoms with Crippen LogP contribution in [0.2, 0.25) is 0 Å². The monoisotopic (exact) mass is 271 g/mol. The van der Waals surface area contributed by atoms with Gasteiger partial charge in [0.2, 0.25) is 11.8 Å². The van der Waals surface area contributed by atoms with Crippen LogP contribution in [-0.4, -0.2) is 42.0 Å². The second-order valence-electron chi connectivity index (χ2n) is 3.38. The number of nitrogens with two attached hydrogens (primary N) is 1. The van der Waals surface area contributed by atoms with Crippen LogP contribution < -0.4 is 16.4 Å². The highest BCUT2D eigenvalue weighted by molar-refractivity contribution is 7.12. The van der Waals surface area contributed by atoms with E-state index in [1.165, 1.54) is 11.3 Å². The number of aliphatic hydroxyl groups is 1. The van der Waals surface area contributed by atoms with Gasteiger partial charge in [0, 0.05) is 0 Å². The lowest BCUT2D eigenvalue weighted by Gasteiger charge is -2.08. The first kappa shape index (κ1) is 14.1. The Labute approximate surface area is 107 Å². The van der Waals surface area contributed by atoms with Crippen LogP contribution in [0.3, 0.4) is 0 Å². The molecule has 1 heterocycles. The number of primary amides is 1. The van der Waals surface area contributed by atoms with E-state index < -0.39 is 17.9 Å². The molecule has 1 rings (SSSR count). The maximum absolute atomic E-state index is 11.5. The molecule has 0 spiro atoms. The summed E-state index contributed by atoms with van der Waals surface area (Å²) in [5, 5.41) is 15.4. The van der Waals surface area contributed by atoms with Crippen molar-refractivity contribution in [3.05, 3.63) is 22.4 Å². The molecule has 0 saturated carbocycles. The van der Waals surface area contributed by atoms with E-state index in [4.69, 9.17) is 10.8 Å². The molecule has 1 atom stereocenters. The van der Waals surface area contributed by atoms with Gasteiger partial charge in [-0.05, 0) is 11.4 Å². The van der Waals surface area contributed by atoms with Crippen molar-refractivity contribution in [1.82, 2.24) is 10.6 Å². The van der Waals surface area contributed by atoms with Crippen molar-refractivity contribution in [2.24, 2.45) is 5.73 Å². The van der Waals surface area contributed by atoms with E-state index >= 15 is 0 Å². The van der Waals surface area contributed by atoms with Gasteiger partial charge in [0.25, 0.3) is 5.91 Å². The van der Waals surface area contributed by atoms with Gasteiger partial charge >= 0.3 is 0 Å². The average molecular weight is 271 g/mol. The number of nitrogens with one attached hydrogen (secondary N) is 2. The highest BCUT2D eigenvalue weighted by atomic mass is 32.1. The molecule has 1 unspecified atom stereocenters. The fourth-order valence-electron chi connectivity index (χ4n) is 1.03. The van der Waals surface area contributed by atoms with Crippen LogP contribution >= 0.6 is 11.3 Å². The molecule has 3 amide bonds. The van der Waals surface area contributed by atoms with Crippen molar-refractivity contribution in [3.8, 4) is 0 Å². The van der Waals surface area contributed by atoms with Gasteiger partial charge in [-0.15, -0.1) is 11.3 Å². The first-order chi connectivity index (χ1) is 8.50. The lowest BCUT2D eigenvalue weighted by Crippen LogP contribution is -2.43. The molecule has 0 bridgehead atoms. The Hall–Kier alpha value is -1.93. The quantitative estimate of drug-likeness (QED) is 0.500. The highest BCUT2D eigenvalue weighted by Gasteiger charge is 2.13. The van der Waals surface area contributed by atoms with E-state index in [2.05, 4.69) is 10.6 Å². The summed E-state index contributed by atoms with van der Waals surface area (Å²) in [6.45, 7) is -0.509. The Bertz CT molecular complexity index is 432. The molecule has 5 N–H and O–H groups in total. The Morgan fingerprint density at radius 2 is 2.11 bits per heavy atom. The van der Waals surface area contributed by atoms with Crippen molar-refractivity contribution in [2.75, 3.05) is 13.1 Å². The van der Waals surface area contributed by atoms with Crippen molar-refractivity contribution in [1.29, 1.82) is 0 Å². The number of carbonyl (C=O) groups excluding carboxylic acids is 3. The molecule has 0 radical (unpaired) electrons. The molecule has 8 heteroatoms. The molecule has 0 aromatic carbocycles. The summed E-state index contributed by atoms with van der Waals surface area (Å²) in [6.07, 6.45) is -1.43. The van der Waals surface area contributed by atoms with Crippen LogP contribution in [-0.2, 0) is 9.59 Å². The van der Waals surface area contributed by atoms with Crippen LogP contribution in [0, 0.1) is 0 Å². The topological polar surface area (TPSA) is 122 Å². The molecule has 1 aromatic rings.